The molecule has 7 nitrogen and oxygen atoms in total. The first-order chi connectivity index (χ1) is 26.9. The average Bonchev–Trinajstić information content (AvgIpc) is 3.17. The Balaban J connectivity index is 4.01. The van der Waals surface area contributed by atoms with Gasteiger partial charge < -0.3 is 20.9 Å². The number of carbonyl (C=O) groups excluding carboxylic acids is 2. The molecular weight excluding hydrogens is 685 g/mol. The molecule has 0 aliphatic rings. The Hall–Kier alpha value is -2.67. The van der Waals surface area contributed by atoms with E-state index in [2.05, 4.69) is 67.8 Å². The summed E-state index contributed by atoms with van der Waals surface area (Å²) in [4.78, 5) is 36.3. The minimum atomic E-state index is -1.00. The monoisotopic (exact) mass is 771 g/mol. The van der Waals surface area contributed by atoms with Crippen LogP contribution in [0.25, 0.3) is 0 Å². The molecule has 0 bridgehead atoms. The molecule has 0 aliphatic heterocycles. The number of esters is 1. The van der Waals surface area contributed by atoms with Gasteiger partial charge in [-0.3, -0.25) is 9.59 Å². The first kappa shape index (κ1) is 52.3. The molecule has 0 heterocycles. The topological polar surface area (TPSA) is 119 Å². The van der Waals surface area contributed by atoms with Crippen molar-refractivity contribution in [1.82, 2.24) is 5.32 Å². The Bertz CT molecular complexity index is 1000. The van der Waals surface area contributed by atoms with Crippen LogP contribution in [-0.2, 0) is 19.1 Å². The number of rotatable bonds is 41. The second kappa shape index (κ2) is 42.5. The van der Waals surface area contributed by atoms with Crippen molar-refractivity contribution in [3.8, 4) is 0 Å². The lowest BCUT2D eigenvalue weighted by Crippen LogP contribution is -2.40. The zero-order valence-electron chi connectivity index (χ0n) is 35.8. The van der Waals surface area contributed by atoms with Crippen LogP contribution in [0.15, 0.2) is 48.6 Å². The van der Waals surface area contributed by atoms with Crippen LogP contribution in [0.5, 0.6) is 0 Å². The smallest absolute Gasteiger partial charge is 0.326 e. The van der Waals surface area contributed by atoms with E-state index in [0.29, 0.717) is 32.2 Å². The molecule has 0 aromatic rings. The third-order valence-electron chi connectivity index (χ3n) is 10.2. The van der Waals surface area contributed by atoms with Gasteiger partial charge in [-0.2, -0.15) is 0 Å². The van der Waals surface area contributed by atoms with Crippen molar-refractivity contribution in [2.24, 2.45) is 5.73 Å². The normalized spacial score (nSPS) is 13.1. The third kappa shape index (κ3) is 39.4. The minimum absolute atomic E-state index is 0.0137. The second-order valence-corrected chi connectivity index (χ2v) is 15.4. The Morgan fingerprint density at radius 2 is 1.00 bits per heavy atom. The molecular formula is C48H86N2O5. The largest absolute Gasteiger partial charge is 0.480 e. The van der Waals surface area contributed by atoms with Gasteiger partial charge in [0, 0.05) is 12.8 Å². The molecule has 0 aliphatic carbocycles. The molecule has 0 radical (unpaired) electrons. The summed E-state index contributed by atoms with van der Waals surface area (Å²) < 4.78 is 6.01. The maximum Gasteiger partial charge on any atom is 0.326 e. The minimum Gasteiger partial charge on any atom is -0.480 e. The SMILES string of the molecule is CC/C=C\C/C=C\C/C=C\C/C=C\CCCCCCCCCCCCC(=O)OC(CCCCCCCC)CCCCCCCC(=O)NC(CCCN)C(=O)O. The van der Waals surface area contributed by atoms with Gasteiger partial charge in [0.1, 0.15) is 12.1 Å². The molecule has 2 unspecified atom stereocenters. The van der Waals surface area contributed by atoms with E-state index in [1.54, 1.807) is 0 Å². The standard InChI is InChI=1S/C48H86N2O5/c1-3-5-7-9-11-12-13-14-15-16-17-18-19-20-21-22-23-24-25-26-27-32-36-42-47(52)55-44(38-33-29-10-8-6-4-2)39-34-30-28-31-35-41-46(51)50-45(48(53)54)40-37-43-49/h5,7,11-12,14-15,17-18,44-45H,3-4,6,8-10,13,16,19-43,49H2,1-2H3,(H,50,51)(H,53,54)/b7-5-,12-11-,15-14-,18-17-. The number of carboxylic acids is 1. The van der Waals surface area contributed by atoms with Crippen molar-refractivity contribution in [2.75, 3.05) is 6.54 Å². The Morgan fingerprint density at radius 1 is 0.545 bits per heavy atom. The molecule has 0 aromatic heterocycles. The maximum absolute atomic E-state index is 12.7. The zero-order valence-corrected chi connectivity index (χ0v) is 35.8. The number of amides is 1. The average molecular weight is 771 g/mol. The van der Waals surface area contributed by atoms with Gasteiger partial charge in [0.2, 0.25) is 5.91 Å². The number of nitrogens with two attached hydrogens (primary N) is 1. The number of nitrogens with one attached hydrogen (secondary N) is 1. The van der Waals surface area contributed by atoms with Gasteiger partial charge in [0.25, 0.3) is 0 Å². The number of aliphatic carboxylic acids is 1. The highest BCUT2D eigenvalue weighted by Gasteiger charge is 2.19. The lowest BCUT2D eigenvalue weighted by atomic mass is 10.0. The number of unbranched alkanes of at least 4 members (excludes halogenated alkanes) is 19. The molecule has 318 valence electrons. The van der Waals surface area contributed by atoms with Crippen LogP contribution < -0.4 is 11.1 Å². The van der Waals surface area contributed by atoms with Gasteiger partial charge in [-0.15, -0.1) is 0 Å². The van der Waals surface area contributed by atoms with Gasteiger partial charge >= 0.3 is 11.9 Å². The summed E-state index contributed by atoms with van der Waals surface area (Å²) in [7, 11) is 0. The van der Waals surface area contributed by atoms with Gasteiger partial charge in [0.15, 0.2) is 0 Å². The van der Waals surface area contributed by atoms with E-state index in [0.717, 1.165) is 89.9 Å². The molecule has 55 heavy (non-hydrogen) atoms. The zero-order chi connectivity index (χ0) is 40.3. The first-order valence-electron chi connectivity index (χ1n) is 23.0. The summed E-state index contributed by atoms with van der Waals surface area (Å²) in [5.41, 5.74) is 5.48. The fraction of sp³-hybridized carbons (Fsp3) is 0.771. The van der Waals surface area contributed by atoms with Crippen molar-refractivity contribution in [3.63, 3.8) is 0 Å². The summed E-state index contributed by atoms with van der Waals surface area (Å²) in [6, 6.07) is -0.856. The maximum atomic E-state index is 12.7. The van der Waals surface area contributed by atoms with Gasteiger partial charge in [0.05, 0.1) is 0 Å². The van der Waals surface area contributed by atoms with Crippen LogP contribution in [-0.4, -0.2) is 41.6 Å². The summed E-state index contributed by atoms with van der Waals surface area (Å²) in [6.45, 7) is 4.81. The van der Waals surface area contributed by atoms with Crippen LogP contribution in [0, 0.1) is 0 Å². The Kier molecular flexibility index (Phi) is 40.4. The fourth-order valence-corrected chi connectivity index (χ4v) is 6.74. The van der Waals surface area contributed by atoms with E-state index >= 15 is 0 Å². The lowest BCUT2D eigenvalue weighted by molar-refractivity contribution is -0.150. The summed E-state index contributed by atoms with van der Waals surface area (Å²) in [5.74, 6) is -1.24. The number of carboxylic acid groups (broad SMARTS) is 1. The molecule has 0 spiro atoms. The lowest BCUT2D eigenvalue weighted by Gasteiger charge is -2.18. The van der Waals surface area contributed by atoms with E-state index in [-0.39, 0.29) is 18.0 Å². The second-order valence-electron chi connectivity index (χ2n) is 15.4. The molecule has 0 saturated carbocycles. The predicted octanol–water partition coefficient (Wildman–Crippen LogP) is 13.2. The van der Waals surface area contributed by atoms with Crippen molar-refractivity contribution >= 4 is 17.8 Å². The van der Waals surface area contributed by atoms with E-state index in [1.807, 2.05) is 0 Å². The van der Waals surface area contributed by atoms with Crippen molar-refractivity contribution in [2.45, 2.75) is 231 Å². The van der Waals surface area contributed by atoms with Crippen LogP contribution in [0.3, 0.4) is 0 Å². The fourth-order valence-electron chi connectivity index (χ4n) is 6.74. The number of hydrogen-bond donors (Lipinski definition) is 3. The van der Waals surface area contributed by atoms with Crippen molar-refractivity contribution in [1.29, 1.82) is 0 Å². The molecule has 4 N–H and O–H groups in total. The van der Waals surface area contributed by atoms with Gasteiger partial charge in [-0.1, -0.05) is 165 Å². The van der Waals surface area contributed by atoms with E-state index in [1.165, 1.54) is 89.9 Å². The summed E-state index contributed by atoms with van der Waals surface area (Å²) in [6.07, 6.45) is 51.8. The Morgan fingerprint density at radius 3 is 1.51 bits per heavy atom. The summed E-state index contributed by atoms with van der Waals surface area (Å²) >= 11 is 0. The number of ether oxygens (including phenoxy) is 1. The Labute approximate surface area is 338 Å². The van der Waals surface area contributed by atoms with Crippen molar-refractivity contribution < 1.29 is 24.2 Å². The molecule has 1 amide bonds. The highest BCUT2D eigenvalue weighted by molar-refractivity contribution is 5.83. The molecule has 0 aromatic carbocycles. The van der Waals surface area contributed by atoms with E-state index in [4.69, 9.17) is 10.5 Å². The highest BCUT2D eigenvalue weighted by Crippen LogP contribution is 2.19. The van der Waals surface area contributed by atoms with Crippen LogP contribution >= 0.6 is 0 Å². The predicted molar refractivity (Wildman–Crippen MR) is 234 cm³/mol. The quantitative estimate of drug-likeness (QED) is 0.0324. The number of carbonyl (C=O) groups is 3. The van der Waals surface area contributed by atoms with Crippen LogP contribution in [0.2, 0.25) is 0 Å². The number of hydrogen-bond acceptors (Lipinski definition) is 5. The van der Waals surface area contributed by atoms with Crippen LogP contribution in [0.1, 0.15) is 219 Å². The van der Waals surface area contributed by atoms with Gasteiger partial charge in [-0.05, 0) is 96.4 Å². The van der Waals surface area contributed by atoms with E-state index in [9.17, 15) is 19.5 Å². The molecule has 7 heteroatoms. The first-order valence-corrected chi connectivity index (χ1v) is 23.0. The summed E-state index contributed by atoms with van der Waals surface area (Å²) in [5, 5.41) is 11.9. The molecule has 0 rings (SSSR count). The van der Waals surface area contributed by atoms with Crippen molar-refractivity contribution in [3.05, 3.63) is 48.6 Å². The van der Waals surface area contributed by atoms with E-state index < -0.39 is 12.0 Å². The van der Waals surface area contributed by atoms with Gasteiger partial charge in [-0.25, -0.2) is 4.79 Å². The number of allylic oxidation sites excluding steroid dienone is 8. The third-order valence-corrected chi connectivity index (χ3v) is 10.2. The molecule has 0 saturated heterocycles. The molecule has 0 fully saturated rings. The highest BCUT2D eigenvalue weighted by atomic mass is 16.5. The van der Waals surface area contributed by atoms with Crippen LogP contribution in [0.4, 0.5) is 0 Å². The molecule has 2 atom stereocenters.